The summed E-state index contributed by atoms with van der Waals surface area (Å²) >= 11 is 0. The first-order chi connectivity index (χ1) is 10.9. The van der Waals surface area contributed by atoms with Gasteiger partial charge in [-0.15, -0.1) is 0 Å². The van der Waals surface area contributed by atoms with Crippen molar-refractivity contribution in [2.24, 2.45) is 5.92 Å². The van der Waals surface area contributed by atoms with Crippen LogP contribution in [0.1, 0.15) is 42.7 Å². The lowest BCUT2D eigenvalue weighted by molar-refractivity contribution is 0.0431. The standard InChI is InChI=1S/C21H25N/c1-3-7-18(8-4-1)21(19-9-5-2-6-10-19)16-20-15-17-11-13-22(20)14-12-17/h1-10,17,20-21H,11-16H2/t20-/m0/s1. The quantitative estimate of drug-likeness (QED) is 0.789. The van der Waals surface area contributed by atoms with Gasteiger partial charge < -0.3 is 4.90 Å². The van der Waals surface area contributed by atoms with Gasteiger partial charge in [0.05, 0.1) is 0 Å². The van der Waals surface area contributed by atoms with Crippen LogP contribution in [0.25, 0.3) is 0 Å². The summed E-state index contributed by atoms with van der Waals surface area (Å²) in [5.41, 5.74) is 2.94. The monoisotopic (exact) mass is 291 g/mol. The third-order valence-electron chi connectivity index (χ3n) is 5.68. The molecule has 0 radical (unpaired) electrons. The lowest BCUT2D eigenvalue weighted by Crippen LogP contribution is -2.49. The van der Waals surface area contributed by atoms with Crippen molar-refractivity contribution in [1.29, 1.82) is 0 Å². The molecule has 0 aliphatic carbocycles. The van der Waals surface area contributed by atoms with Crippen LogP contribution in [0.5, 0.6) is 0 Å². The molecular weight excluding hydrogens is 266 g/mol. The van der Waals surface area contributed by atoms with Crippen LogP contribution in [0.4, 0.5) is 0 Å². The van der Waals surface area contributed by atoms with Crippen LogP contribution in [0, 0.1) is 5.92 Å². The average molecular weight is 291 g/mol. The van der Waals surface area contributed by atoms with Gasteiger partial charge >= 0.3 is 0 Å². The first-order valence-corrected chi connectivity index (χ1v) is 8.74. The first-order valence-electron chi connectivity index (χ1n) is 8.74. The third kappa shape index (κ3) is 2.83. The van der Waals surface area contributed by atoms with Crippen molar-refractivity contribution in [3.05, 3.63) is 71.8 Å². The van der Waals surface area contributed by atoms with E-state index in [1.807, 2.05) is 0 Å². The fourth-order valence-corrected chi connectivity index (χ4v) is 4.44. The summed E-state index contributed by atoms with van der Waals surface area (Å²) in [4.78, 5) is 2.75. The van der Waals surface area contributed by atoms with E-state index in [-0.39, 0.29) is 0 Å². The second-order valence-corrected chi connectivity index (χ2v) is 6.98. The molecule has 3 fully saturated rings. The second-order valence-electron chi connectivity index (χ2n) is 6.98. The smallest absolute Gasteiger partial charge is 0.0107 e. The fraction of sp³-hybridized carbons (Fsp3) is 0.429. The summed E-state index contributed by atoms with van der Waals surface area (Å²) in [5, 5.41) is 0. The number of fused-ring (bicyclic) bond motifs is 3. The Hall–Kier alpha value is -1.60. The molecule has 1 nitrogen and oxygen atoms in total. The van der Waals surface area contributed by atoms with Crippen molar-refractivity contribution in [3.63, 3.8) is 0 Å². The number of hydrogen-bond acceptors (Lipinski definition) is 1. The van der Waals surface area contributed by atoms with Crippen molar-refractivity contribution in [2.45, 2.75) is 37.6 Å². The number of hydrogen-bond donors (Lipinski definition) is 0. The molecule has 0 amide bonds. The summed E-state index contributed by atoms with van der Waals surface area (Å²) in [6.07, 6.45) is 5.54. The minimum absolute atomic E-state index is 0.534. The lowest BCUT2D eigenvalue weighted by Gasteiger charge is -2.46. The maximum absolute atomic E-state index is 2.75. The van der Waals surface area contributed by atoms with Crippen LogP contribution in [-0.4, -0.2) is 24.0 Å². The average Bonchev–Trinajstić information content (AvgIpc) is 2.62. The molecule has 0 spiro atoms. The van der Waals surface area contributed by atoms with Gasteiger partial charge in [0.15, 0.2) is 0 Å². The largest absolute Gasteiger partial charge is 0.300 e. The molecule has 3 heterocycles. The first kappa shape index (κ1) is 14.0. The van der Waals surface area contributed by atoms with Crippen LogP contribution in [-0.2, 0) is 0 Å². The Labute approximate surface area is 134 Å². The Morgan fingerprint density at radius 1 is 0.818 bits per heavy atom. The van der Waals surface area contributed by atoms with E-state index in [1.165, 1.54) is 49.9 Å². The number of rotatable bonds is 4. The Kier molecular flexibility index (Phi) is 3.99. The molecule has 0 saturated carbocycles. The van der Waals surface area contributed by atoms with E-state index < -0.39 is 0 Å². The van der Waals surface area contributed by atoms with Gasteiger partial charge in [0.1, 0.15) is 0 Å². The molecule has 2 bridgehead atoms. The fourth-order valence-electron chi connectivity index (χ4n) is 4.44. The molecule has 0 N–H and O–H groups in total. The van der Waals surface area contributed by atoms with Gasteiger partial charge in [-0.1, -0.05) is 60.7 Å². The van der Waals surface area contributed by atoms with Gasteiger partial charge in [-0.25, -0.2) is 0 Å². The molecule has 5 rings (SSSR count). The number of piperidine rings is 3. The maximum Gasteiger partial charge on any atom is 0.0107 e. The van der Waals surface area contributed by atoms with E-state index >= 15 is 0 Å². The zero-order chi connectivity index (χ0) is 14.8. The normalized spacial score (nSPS) is 27.2. The SMILES string of the molecule is c1ccc(C(C[C@@H]2CC3CCN2CC3)c2ccccc2)cc1. The van der Waals surface area contributed by atoms with Crippen LogP contribution in [0.2, 0.25) is 0 Å². The van der Waals surface area contributed by atoms with E-state index in [1.54, 1.807) is 0 Å². The molecule has 2 aromatic rings. The van der Waals surface area contributed by atoms with Crippen molar-refractivity contribution >= 4 is 0 Å². The van der Waals surface area contributed by atoms with Crippen molar-refractivity contribution < 1.29 is 0 Å². The molecule has 22 heavy (non-hydrogen) atoms. The highest BCUT2D eigenvalue weighted by Crippen LogP contribution is 2.38. The Bertz CT molecular complexity index is 544. The van der Waals surface area contributed by atoms with Crippen molar-refractivity contribution in [3.8, 4) is 0 Å². The molecule has 3 aliphatic heterocycles. The van der Waals surface area contributed by atoms with E-state index in [2.05, 4.69) is 65.6 Å². The van der Waals surface area contributed by atoms with Gasteiger partial charge in [0.25, 0.3) is 0 Å². The van der Waals surface area contributed by atoms with Crippen LogP contribution < -0.4 is 0 Å². The second kappa shape index (κ2) is 6.26. The molecule has 0 unspecified atom stereocenters. The molecule has 1 atom stereocenters. The number of nitrogens with zero attached hydrogens (tertiary/aromatic N) is 1. The molecule has 1 heteroatoms. The molecule has 114 valence electrons. The lowest BCUT2D eigenvalue weighted by atomic mass is 9.77. The highest BCUT2D eigenvalue weighted by Gasteiger charge is 2.35. The molecule has 3 aliphatic rings. The summed E-state index contributed by atoms with van der Waals surface area (Å²) in [7, 11) is 0. The van der Waals surface area contributed by atoms with Crippen LogP contribution in [0.3, 0.4) is 0 Å². The molecular formula is C21H25N. The van der Waals surface area contributed by atoms with Gasteiger partial charge in [-0.05, 0) is 55.8 Å². The topological polar surface area (TPSA) is 3.24 Å². The summed E-state index contributed by atoms with van der Waals surface area (Å²) in [6, 6.07) is 22.9. The highest BCUT2D eigenvalue weighted by molar-refractivity contribution is 5.32. The van der Waals surface area contributed by atoms with Gasteiger partial charge in [-0.3, -0.25) is 0 Å². The number of benzene rings is 2. The van der Waals surface area contributed by atoms with Gasteiger partial charge in [0.2, 0.25) is 0 Å². The van der Waals surface area contributed by atoms with Crippen molar-refractivity contribution in [1.82, 2.24) is 4.90 Å². The van der Waals surface area contributed by atoms with E-state index in [0.29, 0.717) is 5.92 Å². The predicted molar refractivity (Wildman–Crippen MR) is 92.0 cm³/mol. The summed E-state index contributed by atoms with van der Waals surface area (Å²) in [6.45, 7) is 2.65. The highest BCUT2D eigenvalue weighted by atomic mass is 15.2. The van der Waals surface area contributed by atoms with Crippen LogP contribution in [0.15, 0.2) is 60.7 Å². The molecule has 3 saturated heterocycles. The van der Waals surface area contributed by atoms with E-state index in [4.69, 9.17) is 0 Å². The van der Waals surface area contributed by atoms with E-state index in [0.717, 1.165) is 12.0 Å². The summed E-state index contributed by atoms with van der Waals surface area (Å²) in [5.74, 6) is 1.52. The zero-order valence-corrected chi connectivity index (χ0v) is 13.2. The van der Waals surface area contributed by atoms with Crippen LogP contribution >= 0.6 is 0 Å². The Morgan fingerprint density at radius 2 is 1.36 bits per heavy atom. The van der Waals surface area contributed by atoms with Gasteiger partial charge in [-0.2, -0.15) is 0 Å². The van der Waals surface area contributed by atoms with Gasteiger partial charge in [0, 0.05) is 12.0 Å². The minimum atomic E-state index is 0.534. The maximum atomic E-state index is 2.75. The van der Waals surface area contributed by atoms with E-state index in [9.17, 15) is 0 Å². The Balaban J connectivity index is 1.61. The molecule has 2 aromatic carbocycles. The molecule has 0 aromatic heterocycles. The zero-order valence-electron chi connectivity index (χ0n) is 13.2. The Morgan fingerprint density at radius 3 is 1.82 bits per heavy atom. The van der Waals surface area contributed by atoms with Crippen molar-refractivity contribution in [2.75, 3.05) is 13.1 Å². The summed E-state index contributed by atoms with van der Waals surface area (Å²) < 4.78 is 0. The predicted octanol–water partition coefficient (Wildman–Crippen LogP) is 4.69. The third-order valence-corrected chi connectivity index (χ3v) is 5.68. The minimum Gasteiger partial charge on any atom is -0.300 e.